The maximum Gasteiger partial charge on any atom is 0.326 e. The summed E-state index contributed by atoms with van der Waals surface area (Å²) >= 11 is 0. The Balaban J connectivity index is 4.54. The quantitative estimate of drug-likeness (QED) is 0.575. The van der Waals surface area contributed by atoms with Crippen molar-refractivity contribution in [3.8, 4) is 0 Å². The van der Waals surface area contributed by atoms with E-state index in [2.05, 4.69) is 5.32 Å². The Kier molecular flexibility index (Phi) is 7.50. The van der Waals surface area contributed by atoms with Crippen molar-refractivity contribution in [3.05, 3.63) is 0 Å². The van der Waals surface area contributed by atoms with Crippen LogP contribution in [0.1, 0.15) is 33.1 Å². The second kappa shape index (κ2) is 8.32. The summed E-state index contributed by atoms with van der Waals surface area (Å²) in [7, 11) is 0. The van der Waals surface area contributed by atoms with E-state index >= 15 is 0 Å². The number of nitrogens with one attached hydrogen (secondary N) is 1. The standard InChI is InChI=1S/C11H21N3O4/c1-3-5-14(6-4-2)11(18)13-8(10(16)17)7-9(12)15/h8H,3-7H2,1-2H3,(H2,12,15)(H,13,18)(H,16,17)/t8-/m0/s1. The van der Waals surface area contributed by atoms with Gasteiger partial charge in [-0.25, -0.2) is 9.59 Å². The molecule has 0 saturated carbocycles. The molecule has 0 aromatic heterocycles. The summed E-state index contributed by atoms with van der Waals surface area (Å²) in [5, 5.41) is 11.2. The average molecular weight is 259 g/mol. The van der Waals surface area contributed by atoms with Crippen LogP contribution in [0.3, 0.4) is 0 Å². The first-order chi connectivity index (χ1) is 8.42. The van der Waals surface area contributed by atoms with Crippen LogP contribution < -0.4 is 11.1 Å². The number of carboxylic acids is 1. The minimum Gasteiger partial charge on any atom is -0.480 e. The summed E-state index contributed by atoms with van der Waals surface area (Å²) in [5.74, 6) is -2.03. The van der Waals surface area contributed by atoms with Crippen molar-refractivity contribution < 1.29 is 19.5 Å². The Morgan fingerprint density at radius 2 is 1.72 bits per heavy atom. The molecular formula is C11H21N3O4. The van der Waals surface area contributed by atoms with E-state index in [1.54, 1.807) is 0 Å². The predicted octanol–water partition coefficient (Wildman–Crippen LogP) is 0.147. The maximum atomic E-state index is 11.8. The number of carbonyl (C=O) groups excluding carboxylic acids is 2. The SMILES string of the molecule is CCCN(CCC)C(=O)N[C@@H](CC(N)=O)C(=O)O. The van der Waals surface area contributed by atoms with Gasteiger partial charge in [0.05, 0.1) is 6.42 Å². The smallest absolute Gasteiger partial charge is 0.326 e. The fourth-order valence-electron chi connectivity index (χ4n) is 1.50. The molecule has 18 heavy (non-hydrogen) atoms. The lowest BCUT2D eigenvalue weighted by molar-refractivity contribution is -0.140. The van der Waals surface area contributed by atoms with E-state index < -0.39 is 30.4 Å². The van der Waals surface area contributed by atoms with Gasteiger partial charge >= 0.3 is 12.0 Å². The Labute approximate surface area is 106 Å². The van der Waals surface area contributed by atoms with E-state index in [9.17, 15) is 14.4 Å². The molecule has 0 aliphatic heterocycles. The Hall–Kier alpha value is -1.79. The van der Waals surface area contributed by atoms with Crippen LogP contribution >= 0.6 is 0 Å². The molecule has 4 N–H and O–H groups in total. The zero-order valence-corrected chi connectivity index (χ0v) is 10.8. The van der Waals surface area contributed by atoms with Crippen LogP contribution in [0.2, 0.25) is 0 Å². The first kappa shape index (κ1) is 16.2. The molecule has 0 fully saturated rings. The number of hydrogen-bond acceptors (Lipinski definition) is 3. The first-order valence-corrected chi connectivity index (χ1v) is 5.98. The summed E-state index contributed by atoms with van der Waals surface area (Å²) in [6.45, 7) is 4.94. The predicted molar refractivity (Wildman–Crippen MR) is 65.9 cm³/mol. The van der Waals surface area contributed by atoms with E-state index in [1.165, 1.54) is 4.90 Å². The first-order valence-electron chi connectivity index (χ1n) is 5.98. The van der Waals surface area contributed by atoms with Crippen molar-refractivity contribution >= 4 is 17.9 Å². The van der Waals surface area contributed by atoms with Crippen molar-refractivity contribution in [2.75, 3.05) is 13.1 Å². The van der Waals surface area contributed by atoms with Gasteiger partial charge in [-0.2, -0.15) is 0 Å². The van der Waals surface area contributed by atoms with E-state index in [-0.39, 0.29) is 0 Å². The number of hydrogen-bond donors (Lipinski definition) is 3. The lowest BCUT2D eigenvalue weighted by Crippen LogP contribution is -2.49. The third-order valence-corrected chi connectivity index (χ3v) is 2.28. The molecule has 0 unspecified atom stereocenters. The number of rotatable bonds is 8. The molecule has 3 amide bonds. The molecule has 7 heteroatoms. The molecule has 0 aliphatic rings. The summed E-state index contributed by atoms with van der Waals surface area (Å²) in [5.41, 5.74) is 4.93. The van der Waals surface area contributed by atoms with Crippen LogP contribution in [0.5, 0.6) is 0 Å². The van der Waals surface area contributed by atoms with Gasteiger partial charge < -0.3 is 21.1 Å². The average Bonchev–Trinajstić information content (AvgIpc) is 2.27. The summed E-state index contributed by atoms with van der Waals surface area (Å²) in [4.78, 5) is 34.9. The Morgan fingerprint density at radius 3 is 2.06 bits per heavy atom. The van der Waals surface area contributed by atoms with Gasteiger partial charge in [-0.15, -0.1) is 0 Å². The summed E-state index contributed by atoms with van der Waals surface area (Å²) in [6, 6.07) is -1.75. The zero-order valence-electron chi connectivity index (χ0n) is 10.8. The number of amides is 3. The zero-order chi connectivity index (χ0) is 14.1. The molecule has 1 atom stereocenters. The molecule has 0 aromatic carbocycles. The molecule has 7 nitrogen and oxygen atoms in total. The highest BCUT2D eigenvalue weighted by Gasteiger charge is 2.24. The van der Waals surface area contributed by atoms with Gasteiger partial charge in [-0.1, -0.05) is 13.8 Å². The Morgan fingerprint density at radius 1 is 1.22 bits per heavy atom. The normalized spacial score (nSPS) is 11.7. The van der Waals surface area contributed by atoms with E-state index in [0.29, 0.717) is 13.1 Å². The van der Waals surface area contributed by atoms with Crippen molar-refractivity contribution in [2.24, 2.45) is 5.73 Å². The van der Waals surface area contributed by atoms with Crippen molar-refractivity contribution in [1.29, 1.82) is 0 Å². The second-order valence-corrected chi connectivity index (χ2v) is 4.00. The van der Waals surface area contributed by atoms with Gasteiger partial charge in [0.25, 0.3) is 0 Å². The van der Waals surface area contributed by atoms with Crippen molar-refractivity contribution in [2.45, 2.75) is 39.2 Å². The number of urea groups is 1. The number of primary amides is 1. The molecule has 0 radical (unpaired) electrons. The van der Waals surface area contributed by atoms with Gasteiger partial charge in [0.1, 0.15) is 6.04 Å². The highest BCUT2D eigenvalue weighted by atomic mass is 16.4. The van der Waals surface area contributed by atoms with Crippen molar-refractivity contribution in [3.63, 3.8) is 0 Å². The monoisotopic (exact) mass is 259 g/mol. The number of carboxylic acid groups (broad SMARTS) is 1. The third-order valence-electron chi connectivity index (χ3n) is 2.28. The van der Waals surface area contributed by atoms with Crippen LogP contribution in [0.4, 0.5) is 4.79 Å². The molecule has 0 aromatic rings. The molecule has 0 spiro atoms. The summed E-state index contributed by atoms with van der Waals surface area (Å²) < 4.78 is 0. The maximum absolute atomic E-state index is 11.8. The third kappa shape index (κ3) is 6.07. The lowest BCUT2D eigenvalue weighted by Gasteiger charge is -2.24. The molecule has 104 valence electrons. The van der Waals surface area contributed by atoms with Crippen LogP contribution in [-0.4, -0.2) is 47.0 Å². The largest absolute Gasteiger partial charge is 0.480 e. The van der Waals surface area contributed by atoms with E-state index in [4.69, 9.17) is 10.8 Å². The highest BCUT2D eigenvalue weighted by molar-refractivity contribution is 5.87. The molecule has 0 aliphatic carbocycles. The van der Waals surface area contributed by atoms with Crippen LogP contribution in [0.15, 0.2) is 0 Å². The minimum absolute atomic E-state index is 0.410. The fourth-order valence-corrected chi connectivity index (χ4v) is 1.50. The van der Waals surface area contributed by atoms with Gasteiger partial charge in [-0.3, -0.25) is 4.79 Å². The molecule has 0 saturated heterocycles. The van der Waals surface area contributed by atoms with Gasteiger partial charge in [-0.05, 0) is 12.8 Å². The van der Waals surface area contributed by atoms with Gasteiger partial charge in [0, 0.05) is 13.1 Å². The van der Waals surface area contributed by atoms with E-state index in [1.807, 2.05) is 13.8 Å². The molecule has 0 rings (SSSR count). The molecule has 0 bridgehead atoms. The second-order valence-electron chi connectivity index (χ2n) is 4.00. The Bertz CT molecular complexity index is 301. The summed E-state index contributed by atoms with van der Waals surface area (Å²) in [6.07, 6.45) is 1.15. The lowest BCUT2D eigenvalue weighted by atomic mass is 10.2. The molecule has 0 heterocycles. The van der Waals surface area contributed by atoms with Crippen LogP contribution in [-0.2, 0) is 9.59 Å². The van der Waals surface area contributed by atoms with Crippen molar-refractivity contribution in [1.82, 2.24) is 10.2 Å². The number of carbonyl (C=O) groups is 3. The van der Waals surface area contributed by atoms with Crippen LogP contribution in [0, 0.1) is 0 Å². The number of nitrogens with two attached hydrogens (primary N) is 1. The van der Waals surface area contributed by atoms with Gasteiger partial charge in [0.15, 0.2) is 0 Å². The van der Waals surface area contributed by atoms with E-state index in [0.717, 1.165) is 12.8 Å². The topological polar surface area (TPSA) is 113 Å². The van der Waals surface area contributed by atoms with Gasteiger partial charge in [0.2, 0.25) is 5.91 Å². The highest BCUT2D eigenvalue weighted by Crippen LogP contribution is 1.99. The number of aliphatic carboxylic acids is 1. The number of nitrogens with zero attached hydrogens (tertiary/aromatic N) is 1. The minimum atomic E-state index is -1.27. The fraction of sp³-hybridized carbons (Fsp3) is 0.727. The van der Waals surface area contributed by atoms with Crippen LogP contribution in [0.25, 0.3) is 0 Å². The molecular weight excluding hydrogens is 238 g/mol.